The zero-order valence-electron chi connectivity index (χ0n) is 14.5. The molecule has 7 nitrogen and oxygen atoms in total. The van der Waals surface area contributed by atoms with Crippen LogP contribution in [0.25, 0.3) is 11.2 Å². The highest BCUT2D eigenvalue weighted by molar-refractivity contribution is 9.10. The van der Waals surface area contributed by atoms with Crippen LogP contribution in [0, 0.1) is 0 Å². The zero-order valence-corrected chi connectivity index (χ0v) is 16.1. The van der Waals surface area contributed by atoms with E-state index in [1.54, 1.807) is 6.33 Å². The topological polar surface area (TPSA) is 74.1 Å². The second kappa shape index (κ2) is 7.59. The second-order valence-corrected chi connectivity index (χ2v) is 6.78. The van der Waals surface area contributed by atoms with Crippen molar-refractivity contribution in [2.24, 2.45) is 0 Å². The van der Waals surface area contributed by atoms with Crippen molar-refractivity contribution in [1.29, 1.82) is 0 Å². The highest BCUT2D eigenvalue weighted by atomic mass is 79.9. The lowest BCUT2D eigenvalue weighted by molar-refractivity contribution is -0.0298. The number of ether oxygens (including phenoxy) is 2. The molecule has 1 N–H and O–H groups in total. The van der Waals surface area contributed by atoms with Crippen molar-refractivity contribution in [3.05, 3.63) is 35.3 Å². The molecule has 1 saturated heterocycles. The maximum Gasteiger partial charge on any atom is 0.200 e. The van der Waals surface area contributed by atoms with Crippen molar-refractivity contribution >= 4 is 38.6 Å². The Morgan fingerprint density at radius 2 is 2.27 bits per heavy atom. The predicted octanol–water partition coefficient (Wildman–Crippen LogP) is 4.43. The minimum atomic E-state index is -0.0234. The molecule has 136 valence electrons. The van der Waals surface area contributed by atoms with Crippen molar-refractivity contribution in [2.45, 2.75) is 32.4 Å². The number of anilines is 2. The Morgan fingerprint density at radius 3 is 3.08 bits per heavy atom. The van der Waals surface area contributed by atoms with Gasteiger partial charge in [-0.15, -0.1) is 0 Å². The molecule has 3 heterocycles. The SMILES string of the molecule is CCOc1cccc(Nc2nc(Br)nc3c2ncn3C2CCCCO2)c1. The highest BCUT2D eigenvalue weighted by Gasteiger charge is 2.21. The summed E-state index contributed by atoms with van der Waals surface area (Å²) in [5, 5.41) is 3.33. The van der Waals surface area contributed by atoms with Gasteiger partial charge in [0.25, 0.3) is 0 Å². The van der Waals surface area contributed by atoms with Crippen LogP contribution >= 0.6 is 15.9 Å². The molecule has 1 aliphatic heterocycles. The summed E-state index contributed by atoms with van der Waals surface area (Å²) in [6.07, 6.45) is 4.97. The Balaban J connectivity index is 1.69. The number of fused-ring (bicyclic) bond motifs is 1. The first-order valence-corrected chi connectivity index (χ1v) is 9.55. The van der Waals surface area contributed by atoms with Crippen LogP contribution in [0.2, 0.25) is 0 Å². The van der Waals surface area contributed by atoms with E-state index < -0.39 is 0 Å². The molecule has 8 heteroatoms. The monoisotopic (exact) mass is 417 g/mol. The molecule has 0 radical (unpaired) electrons. The molecule has 0 saturated carbocycles. The van der Waals surface area contributed by atoms with Gasteiger partial charge in [-0.2, -0.15) is 0 Å². The number of aromatic nitrogens is 4. The van der Waals surface area contributed by atoms with Gasteiger partial charge in [0.2, 0.25) is 4.73 Å². The lowest BCUT2D eigenvalue weighted by Gasteiger charge is -2.23. The van der Waals surface area contributed by atoms with Gasteiger partial charge in [-0.1, -0.05) is 6.07 Å². The van der Waals surface area contributed by atoms with Gasteiger partial charge in [0.15, 0.2) is 17.0 Å². The normalized spacial score (nSPS) is 17.4. The van der Waals surface area contributed by atoms with Crippen molar-refractivity contribution in [2.75, 3.05) is 18.5 Å². The van der Waals surface area contributed by atoms with Crippen molar-refractivity contribution < 1.29 is 9.47 Å². The molecule has 0 spiro atoms. The summed E-state index contributed by atoms with van der Waals surface area (Å²) in [7, 11) is 0. The summed E-state index contributed by atoms with van der Waals surface area (Å²) < 4.78 is 13.9. The molecular weight excluding hydrogens is 398 g/mol. The van der Waals surface area contributed by atoms with E-state index in [-0.39, 0.29) is 6.23 Å². The van der Waals surface area contributed by atoms with E-state index >= 15 is 0 Å². The smallest absolute Gasteiger partial charge is 0.200 e. The molecule has 1 aliphatic rings. The quantitative estimate of drug-likeness (QED) is 0.618. The largest absolute Gasteiger partial charge is 0.494 e. The van der Waals surface area contributed by atoms with Crippen LogP contribution in [0.4, 0.5) is 11.5 Å². The molecule has 2 aromatic heterocycles. The minimum Gasteiger partial charge on any atom is -0.494 e. The van der Waals surface area contributed by atoms with E-state index in [9.17, 15) is 0 Å². The lowest BCUT2D eigenvalue weighted by Crippen LogP contribution is -2.17. The van der Waals surface area contributed by atoms with E-state index in [0.717, 1.165) is 43.0 Å². The van der Waals surface area contributed by atoms with Crippen molar-refractivity contribution in [3.63, 3.8) is 0 Å². The summed E-state index contributed by atoms with van der Waals surface area (Å²) in [5.41, 5.74) is 2.35. The molecule has 1 unspecified atom stereocenters. The third-order valence-corrected chi connectivity index (χ3v) is 4.62. The average Bonchev–Trinajstić information content (AvgIpc) is 3.07. The van der Waals surface area contributed by atoms with E-state index in [4.69, 9.17) is 9.47 Å². The fourth-order valence-corrected chi connectivity index (χ4v) is 3.44. The Morgan fingerprint density at radius 1 is 1.35 bits per heavy atom. The number of benzene rings is 1. The number of imidazole rings is 1. The number of nitrogens with one attached hydrogen (secondary N) is 1. The van der Waals surface area contributed by atoms with Crippen LogP contribution in [0.5, 0.6) is 5.75 Å². The van der Waals surface area contributed by atoms with Gasteiger partial charge in [0.1, 0.15) is 12.0 Å². The highest BCUT2D eigenvalue weighted by Crippen LogP contribution is 2.30. The van der Waals surface area contributed by atoms with Crippen LogP contribution in [0.3, 0.4) is 0 Å². The first-order chi connectivity index (χ1) is 12.7. The third-order valence-electron chi connectivity index (χ3n) is 4.27. The first-order valence-electron chi connectivity index (χ1n) is 8.76. The fourth-order valence-electron chi connectivity index (χ4n) is 3.10. The van der Waals surface area contributed by atoms with Crippen molar-refractivity contribution in [1.82, 2.24) is 19.5 Å². The minimum absolute atomic E-state index is 0.0234. The standard InChI is InChI=1S/C18H20BrN5O2/c1-2-25-13-7-5-6-12(10-13)21-16-15-17(23-18(19)22-16)24(11-20-15)14-8-3-4-9-26-14/h5-7,10-11,14H,2-4,8-9H2,1H3,(H,21,22,23). The molecule has 4 rings (SSSR count). The van der Waals surface area contributed by atoms with Gasteiger partial charge < -0.3 is 14.8 Å². The molecule has 1 aromatic carbocycles. The van der Waals surface area contributed by atoms with E-state index in [1.165, 1.54) is 0 Å². The maximum absolute atomic E-state index is 5.88. The fraction of sp³-hybridized carbons (Fsp3) is 0.389. The van der Waals surface area contributed by atoms with E-state index in [2.05, 4.69) is 36.2 Å². The summed E-state index contributed by atoms with van der Waals surface area (Å²) in [5.74, 6) is 1.45. The number of hydrogen-bond acceptors (Lipinski definition) is 6. The average molecular weight is 418 g/mol. The van der Waals surface area contributed by atoms with E-state index in [1.807, 2.05) is 35.8 Å². The molecule has 26 heavy (non-hydrogen) atoms. The van der Waals surface area contributed by atoms with Gasteiger partial charge >= 0.3 is 0 Å². The molecular formula is C18H20BrN5O2. The Bertz CT molecular complexity index is 908. The lowest BCUT2D eigenvalue weighted by atomic mass is 10.2. The third kappa shape index (κ3) is 3.52. The van der Waals surface area contributed by atoms with Crippen molar-refractivity contribution in [3.8, 4) is 5.75 Å². The number of nitrogens with zero attached hydrogens (tertiary/aromatic N) is 4. The van der Waals surface area contributed by atoms with Crippen LogP contribution in [0.1, 0.15) is 32.4 Å². The summed E-state index contributed by atoms with van der Waals surface area (Å²) in [6, 6.07) is 7.77. The van der Waals surface area contributed by atoms with Crippen LogP contribution < -0.4 is 10.1 Å². The van der Waals surface area contributed by atoms with Crippen LogP contribution in [-0.4, -0.2) is 32.7 Å². The predicted molar refractivity (Wildman–Crippen MR) is 103 cm³/mol. The molecule has 3 aromatic rings. The number of hydrogen-bond donors (Lipinski definition) is 1. The zero-order chi connectivity index (χ0) is 17.9. The molecule has 1 fully saturated rings. The molecule has 0 bridgehead atoms. The molecule has 1 atom stereocenters. The summed E-state index contributed by atoms with van der Waals surface area (Å²) in [6.45, 7) is 3.36. The molecule has 0 amide bonds. The Kier molecular flexibility index (Phi) is 5.03. The number of rotatable bonds is 5. The van der Waals surface area contributed by atoms with Gasteiger partial charge in [-0.3, -0.25) is 4.57 Å². The Hall–Kier alpha value is -2.19. The number of halogens is 1. The van der Waals surface area contributed by atoms with Gasteiger partial charge in [0, 0.05) is 18.4 Å². The molecule has 0 aliphatic carbocycles. The summed E-state index contributed by atoms with van der Waals surface area (Å²) >= 11 is 3.41. The van der Waals surface area contributed by atoms with Gasteiger partial charge in [-0.05, 0) is 54.2 Å². The second-order valence-electron chi connectivity index (χ2n) is 6.07. The van der Waals surface area contributed by atoms with Crippen LogP contribution in [-0.2, 0) is 4.74 Å². The summed E-state index contributed by atoms with van der Waals surface area (Å²) in [4.78, 5) is 13.5. The Labute approximate surface area is 159 Å². The van der Waals surface area contributed by atoms with Gasteiger partial charge in [0.05, 0.1) is 12.9 Å². The first kappa shape index (κ1) is 17.2. The van der Waals surface area contributed by atoms with E-state index in [0.29, 0.717) is 22.7 Å². The maximum atomic E-state index is 5.88. The van der Waals surface area contributed by atoms with Gasteiger partial charge in [-0.25, -0.2) is 15.0 Å². The van der Waals surface area contributed by atoms with Crippen LogP contribution in [0.15, 0.2) is 35.3 Å².